The maximum Gasteiger partial charge on any atom is 0.325 e. The molecular formula is C29H34N6O6. The molecule has 0 saturated carbocycles. The number of amides is 3. The number of nitrogens with two attached hydrogens (primary N) is 1. The third-order valence-corrected chi connectivity index (χ3v) is 6.98. The van der Waals surface area contributed by atoms with Crippen LogP contribution in [0.15, 0.2) is 60.9 Å². The first-order chi connectivity index (χ1) is 19.5. The maximum absolute atomic E-state index is 13.3. The molecule has 2 aromatic carbocycles. The number of H-pyrrole nitrogens is 2. The molecule has 12 nitrogen and oxygen atoms in total. The first-order valence-corrected chi connectivity index (χ1v) is 13.2. The molecular weight excluding hydrogens is 528 g/mol. The number of aliphatic hydroxyl groups excluding tert-OH is 1. The van der Waals surface area contributed by atoms with Gasteiger partial charge in [0.05, 0.1) is 12.1 Å². The summed E-state index contributed by atoms with van der Waals surface area (Å²) in [6, 6.07) is 10.1. The maximum atomic E-state index is 13.3. The number of nitrogens with one attached hydrogen (secondary N) is 5. The predicted octanol–water partition coefficient (Wildman–Crippen LogP) is 0.701. The van der Waals surface area contributed by atoms with Gasteiger partial charge in [0.25, 0.3) is 0 Å². The van der Waals surface area contributed by atoms with Crippen molar-refractivity contribution in [1.82, 2.24) is 25.9 Å². The van der Waals surface area contributed by atoms with E-state index in [-0.39, 0.29) is 12.8 Å². The summed E-state index contributed by atoms with van der Waals surface area (Å²) in [4.78, 5) is 57.0. The molecule has 0 bridgehead atoms. The highest BCUT2D eigenvalue weighted by Crippen LogP contribution is 2.20. The zero-order valence-corrected chi connectivity index (χ0v) is 22.7. The van der Waals surface area contributed by atoms with E-state index in [4.69, 9.17) is 5.73 Å². The van der Waals surface area contributed by atoms with Crippen LogP contribution in [0.5, 0.6) is 0 Å². The van der Waals surface area contributed by atoms with Crippen LogP contribution in [0.2, 0.25) is 0 Å². The number of hydrogen-bond acceptors (Lipinski definition) is 6. The monoisotopic (exact) mass is 562 g/mol. The minimum Gasteiger partial charge on any atom is -0.480 e. The summed E-state index contributed by atoms with van der Waals surface area (Å²) >= 11 is 0. The number of carbonyl (C=O) groups is 4. The van der Waals surface area contributed by atoms with Gasteiger partial charge < -0.3 is 41.9 Å². The van der Waals surface area contributed by atoms with Crippen LogP contribution in [0.25, 0.3) is 21.8 Å². The highest BCUT2D eigenvalue weighted by Gasteiger charge is 2.32. The fourth-order valence-corrected chi connectivity index (χ4v) is 4.66. The minimum atomic E-state index is -1.42. The molecule has 2 aromatic heterocycles. The van der Waals surface area contributed by atoms with E-state index in [1.54, 1.807) is 12.4 Å². The molecule has 3 amide bonds. The molecule has 4 aromatic rings. The number of carbonyl (C=O) groups excluding carboxylic acids is 3. The Hall–Kier alpha value is -4.68. The number of hydrogen-bond donors (Lipinski definition) is 8. The molecule has 0 aliphatic rings. The highest BCUT2D eigenvalue weighted by atomic mass is 16.4. The standard InChI is InChI=1S/C29H34N6O6/c1-15(29(40)41)33-27(38)24(12-18-14-32-23-10-6-4-8-20(18)23)34-28(39)25(16(2)36)35-26(37)21(30)11-17-13-31-22-9-5-3-7-19(17)22/h3-10,13-16,21,24-25,31-32,36H,11-12,30H2,1-2H3,(H,33,38)(H,34,39)(H,35,37)(H,40,41). The number of fused-ring (bicyclic) bond motifs is 2. The number of carboxylic acids is 1. The lowest BCUT2D eigenvalue weighted by Gasteiger charge is -2.26. The molecule has 0 fully saturated rings. The number of aliphatic carboxylic acids is 1. The lowest BCUT2D eigenvalue weighted by atomic mass is 10.0. The van der Waals surface area contributed by atoms with Crippen LogP contribution in [-0.2, 0) is 32.0 Å². The number of carboxylic acid groups (broad SMARTS) is 1. The molecule has 0 aliphatic carbocycles. The summed E-state index contributed by atoms with van der Waals surface area (Å²) in [5.74, 6) is -3.46. The van der Waals surface area contributed by atoms with Crippen molar-refractivity contribution < 1.29 is 29.4 Å². The van der Waals surface area contributed by atoms with Gasteiger partial charge in [-0.25, -0.2) is 0 Å². The van der Waals surface area contributed by atoms with Crippen molar-refractivity contribution in [3.8, 4) is 0 Å². The van der Waals surface area contributed by atoms with Crippen molar-refractivity contribution in [3.63, 3.8) is 0 Å². The number of aliphatic hydroxyl groups is 1. The summed E-state index contributed by atoms with van der Waals surface area (Å²) in [5.41, 5.74) is 9.42. The van der Waals surface area contributed by atoms with Gasteiger partial charge in [0, 0.05) is 40.6 Å². The van der Waals surface area contributed by atoms with Crippen LogP contribution in [0.3, 0.4) is 0 Å². The summed E-state index contributed by atoms with van der Waals surface area (Å²) in [6.07, 6.45) is 2.35. The Morgan fingerprint density at radius 1 is 0.780 bits per heavy atom. The zero-order valence-electron chi connectivity index (χ0n) is 22.7. The molecule has 4 rings (SSSR count). The quantitative estimate of drug-likeness (QED) is 0.124. The normalized spacial score (nSPS) is 15.0. The van der Waals surface area contributed by atoms with Gasteiger partial charge in [-0.1, -0.05) is 36.4 Å². The second-order valence-electron chi connectivity index (χ2n) is 10.1. The predicted molar refractivity (Wildman–Crippen MR) is 153 cm³/mol. The summed E-state index contributed by atoms with van der Waals surface area (Å²) < 4.78 is 0. The molecule has 5 unspecified atom stereocenters. The van der Waals surface area contributed by atoms with Gasteiger partial charge in [-0.15, -0.1) is 0 Å². The van der Waals surface area contributed by atoms with E-state index in [1.165, 1.54) is 13.8 Å². The topological polar surface area (TPSA) is 202 Å². The average Bonchev–Trinajstić information content (AvgIpc) is 3.54. The lowest BCUT2D eigenvalue weighted by Crippen LogP contribution is -2.60. The number of aromatic amines is 2. The van der Waals surface area contributed by atoms with Crippen LogP contribution >= 0.6 is 0 Å². The summed E-state index contributed by atoms with van der Waals surface area (Å²) in [5, 5.41) is 28.8. The Bertz CT molecular complexity index is 1560. The van der Waals surface area contributed by atoms with Gasteiger partial charge in [-0.2, -0.15) is 0 Å². The second kappa shape index (κ2) is 12.7. The molecule has 5 atom stereocenters. The fraction of sp³-hybridized carbons (Fsp3) is 0.310. The Morgan fingerprint density at radius 2 is 1.32 bits per heavy atom. The molecule has 2 heterocycles. The number of aromatic nitrogens is 2. The molecule has 0 aliphatic heterocycles. The molecule has 41 heavy (non-hydrogen) atoms. The first kappa shape index (κ1) is 29.3. The van der Waals surface area contributed by atoms with Crippen molar-refractivity contribution >= 4 is 45.5 Å². The third-order valence-electron chi connectivity index (χ3n) is 6.98. The number of rotatable bonds is 12. The minimum absolute atomic E-state index is 0.0223. The summed E-state index contributed by atoms with van der Waals surface area (Å²) in [7, 11) is 0. The summed E-state index contributed by atoms with van der Waals surface area (Å²) in [6.45, 7) is 2.63. The third kappa shape index (κ3) is 6.91. The lowest BCUT2D eigenvalue weighted by molar-refractivity contribution is -0.142. The largest absolute Gasteiger partial charge is 0.480 e. The molecule has 0 spiro atoms. The van der Waals surface area contributed by atoms with Gasteiger partial charge in [0.1, 0.15) is 18.1 Å². The van der Waals surface area contributed by atoms with Crippen molar-refractivity contribution in [2.75, 3.05) is 0 Å². The van der Waals surface area contributed by atoms with Crippen LogP contribution in [0, 0.1) is 0 Å². The van der Waals surface area contributed by atoms with E-state index in [0.717, 1.165) is 27.4 Å². The Kier molecular flexibility index (Phi) is 9.05. The van der Waals surface area contributed by atoms with Gasteiger partial charge in [-0.3, -0.25) is 19.2 Å². The molecule has 216 valence electrons. The van der Waals surface area contributed by atoms with Crippen molar-refractivity contribution in [2.24, 2.45) is 5.73 Å². The van der Waals surface area contributed by atoms with E-state index in [0.29, 0.717) is 5.56 Å². The van der Waals surface area contributed by atoms with Crippen molar-refractivity contribution in [1.29, 1.82) is 0 Å². The van der Waals surface area contributed by atoms with E-state index >= 15 is 0 Å². The molecule has 12 heteroatoms. The average molecular weight is 563 g/mol. The molecule has 0 saturated heterocycles. The Balaban J connectivity index is 1.49. The van der Waals surface area contributed by atoms with E-state index in [2.05, 4.69) is 25.9 Å². The van der Waals surface area contributed by atoms with E-state index in [1.807, 2.05) is 48.5 Å². The molecule has 0 radical (unpaired) electrons. The zero-order chi connectivity index (χ0) is 29.7. The second-order valence-corrected chi connectivity index (χ2v) is 10.1. The van der Waals surface area contributed by atoms with Gasteiger partial charge in [0.15, 0.2) is 0 Å². The van der Waals surface area contributed by atoms with Crippen molar-refractivity contribution in [3.05, 3.63) is 72.1 Å². The first-order valence-electron chi connectivity index (χ1n) is 13.2. The van der Waals surface area contributed by atoms with Crippen LogP contribution in [0.1, 0.15) is 25.0 Å². The van der Waals surface area contributed by atoms with Crippen LogP contribution in [0.4, 0.5) is 0 Å². The highest BCUT2D eigenvalue weighted by molar-refractivity contribution is 5.95. The van der Waals surface area contributed by atoms with E-state index in [9.17, 15) is 29.4 Å². The Labute approximate surface area is 235 Å². The van der Waals surface area contributed by atoms with Gasteiger partial charge in [-0.05, 0) is 43.5 Å². The smallest absolute Gasteiger partial charge is 0.325 e. The Morgan fingerprint density at radius 3 is 1.85 bits per heavy atom. The van der Waals surface area contributed by atoms with Gasteiger partial charge >= 0.3 is 5.97 Å². The van der Waals surface area contributed by atoms with Crippen LogP contribution in [-0.4, -0.2) is 74.1 Å². The van der Waals surface area contributed by atoms with E-state index < -0.39 is 54.0 Å². The number of benzene rings is 2. The van der Waals surface area contributed by atoms with Crippen LogP contribution < -0.4 is 21.7 Å². The van der Waals surface area contributed by atoms with Gasteiger partial charge in [0.2, 0.25) is 17.7 Å². The van der Waals surface area contributed by atoms with Crippen molar-refractivity contribution in [2.45, 2.75) is 57.0 Å². The SMILES string of the molecule is CC(NC(=O)C(Cc1c[nH]c2ccccc12)NC(=O)C(NC(=O)C(N)Cc1c[nH]c2ccccc12)C(C)O)C(=O)O. The molecule has 9 N–H and O–H groups in total. The number of para-hydroxylation sites is 2. The fourth-order valence-electron chi connectivity index (χ4n) is 4.66.